The Kier molecular flexibility index (Phi) is 3.19. The van der Waals surface area contributed by atoms with E-state index in [0.717, 1.165) is 27.7 Å². The second-order valence-corrected chi connectivity index (χ2v) is 4.37. The molecule has 2 aromatic rings. The van der Waals surface area contributed by atoms with Crippen molar-refractivity contribution in [1.82, 2.24) is 4.98 Å². The molecular weight excluding hydrogens is 228 g/mol. The molecule has 0 aliphatic rings. The van der Waals surface area contributed by atoms with E-state index < -0.39 is 0 Å². The number of aromatic nitrogens is 1. The number of carbonyl (C=O) groups is 1. The molecule has 0 bridgehead atoms. The number of aryl methyl sites for hydroxylation is 2. The van der Waals surface area contributed by atoms with Gasteiger partial charge in [0.2, 0.25) is 5.91 Å². The number of nitrogens with zero attached hydrogens (tertiary/aromatic N) is 1. The number of hydrogen-bond donors (Lipinski definition) is 1. The molecule has 0 unspecified atom stereocenters. The van der Waals surface area contributed by atoms with Crippen molar-refractivity contribution in [2.75, 3.05) is 7.11 Å². The Labute approximate surface area is 106 Å². The van der Waals surface area contributed by atoms with Crippen LogP contribution in [-0.2, 0) is 11.2 Å². The minimum atomic E-state index is -0.346. The van der Waals surface area contributed by atoms with Crippen molar-refractivity contribution in [3.63, 3.8) is 0 Å². The lowest BCUT2D eigenvalue weighted by atomic mass is 10.00. The van der Waals surface area contributed by atoms with Crippen LogP contribution >= 0.6 is 0 Å². The second kappa shape index (κ2) is 4.64. The molecule has 0 saturated carbocycles. The third kappa shape index (κ3) is 2.14. The summed E-state index contributed by atoms with van der Waals surface area (Å²) >= 11 is 0. The maximum atomic E-state index is 11.1. The van der Waals surface area contributed by atoms with Crippen LogP contribution in [0.1, 0.15) is 16.8 Å². The SMILES string of the molecule is COc1ccc(CC(N)=O)c2c(C)cc(C)nc12. The van der Waals surface area contributed by atoms with Crippen LogP contribution in [0.2, 0.25) is 0 Å². The molecule has 18 heavy (non-hydrogen) atoms. The molecule has 0 aliphatic carbocycles. The third-order valence-corrected chi connectivity index (χ3v) is 2.92. The molecule has 0 spiro atoms. The predicted octanol–water partition coefficient (Wildman–Crippen LogP) is 1.89. The number of nitrogens with two attached hydrogens (primary N) is 1. The van der Waals surface area contributed by atoms with Crippen LogP contribution < -0.4 is 10.5 Å². The fraction of sp³-hybridized carbons (Fsp3) is 0.286. The molecule has 1 heterocycles. The van der Waals surface area contributed by atoms with Crippen molar-refractivity contribution >= 4 is 16.8 Å². The number of carbonyl (C=O) groups excluding carboxylic acids is 1. The Morgan fingerprint density at radius 2 is 2.11 bits per heavy atom. The van der Waals surface area contributed by atoms with E-state index in [1.165, 1.54) is 0 Å². The number of benzene rings is 1. The molecule has 0 radical (unpaired) electrons. The first-order valence-electron chi connectivity index (χ1n) is 5.75. The molecule has 2 rings (SSSR count). The van der Waals surface area contributed by atoms with Gasteiger partial charge in [0.25, 0.3) is 0 Å². The van der Waals surface area contributed by atoms with Gasteiger partial charge in [0.15, 0.2) is 0 Å². The zero-order valence-electron chi connectivity index (χ0n) is 10.8. The molecule has 1 aromatic carbocycles. The number of ether oxygens (including phenoxy) is 1. The number of pyridine rings is 1. The zero-order valence-corrected chi connectivity index (χ0v) is 10.8. The van der Waals surface area contributed by atoms with Crippen LogP contribution in [0, 0.1) is 13.8 Å². The van der Waals surface area contributed by atoms with Crippen molar-refractivity contribution in [2.45, 2.75) is 20.3 Å². The Balaban J connectivity index is 2.79. The predicted molar refractivity (Wildman–Crippen MR) is 70.7 cm³/mol. The van der Waals surface area contributed by atoms with Gasteiger partial charge in [-0.1, -0.05) is 6.07 Å². The van der Waals surface area contributed by atoms with Gasteiger partial charge in [0.05, 0.1) is 13.5 Å². The molecule has 0 aliphatic heterocycles. The van der Waals surface area contributed by atoms with Gasteiger partial charge in [-0.15, -0.1) is 0 Å². The van der Waals surface area contributed by atoms with Crippen LogP contribution in [0.5, 0.6) is 5.75 Å². The first-order chi connectivity index (χ1) is 8.52. The summed E-state index contributed by atoms with van der Waals surface area (Å²) in [6, 6.07) is 5.69. The number of fused-ring (bicyclic) bond motifs is 1. The van der Waals surface area contributed by atoms with Crippen molar-refractivity contribution in [2.24, 2.45) is 5.73 Å². The molecule has 0 atom stereocenters. The summed E-state index contributed by atoms with van der Waals surface area (Å²) in [5, 5.41) is 0.957. The highest BCUT2D eigenvalue weighted by molar-refractivity contribution is 5.93. The lowest BCUT2D eigenvalue weighted by Gasteiger charge is -2.12. The van der Waals surface area contributed by atoms with Gasteiger partial charge >= 0.3 is 0 Å². The summed E-state index contributed by atoms with van der Waals surface area (Å²) in [7, 11) is 1.61. The van der Waals surface area contributed by atoms with E-state index >= 15 is 0 Å². The van der Waals surface area contributed by atoms with Gasteiger partial charge in [-0.05, 0) is 37.1 Å². The van der Waals surface area contributed by atoms with E-state index in [4.69, 9.17) is 10.5 Å². The van der Waals surface area contributed by atoms with Crippen molar-refractivity contribution in [3.8, 4) is 5.75 Å². The smallest absolute Gasteiger partial charge is 0.221 e. The van der Waals surface area contributed by atoms with E-state index in [1.54, 1.807) is 7.11 Å². The number of methoxy groups -OCH3 is 1. The van der Waals surface area contributed by atoms with E-state index in [-0.39, 0.29) is 12.3 Å². The third-order valence-electron chi connectivity index (χ3n) is 2.92. The average Bonchev–Trinajstić information content (AvgIpc) is 2.27. The van der Waals surface area contributed by atoms with Crippen LogP contribution in [0.25, 0.3) is 10.9 Å². The molecule has 0 saturated heterocycles. The molecule has 1 aromatic heterocycles. The van der Waals surface area contributed by atoms with E-state index in [2.05, 4.69) is 4.98 Å². The van der Waals surface area contributed by atoms with Crippen LogP contribution in [0.3, 0.4) is 0 Å². The van der Waals surface area contributed by atoms with Crippen LogP contribution in [0.4, 0.5) is 0 Å². The van der Waals surface area contributed by atoms with Gasteiger partial charge in [0.1, 0.15) is 11.3 Å². The van der Waals surface area contributed by atoms with Gasteiger partial charge in [-0.3, -0.25) is 4.79 Å². The monoisotopic (exact) mass is 244 g/mol. The van der Waals surface area contributed by atoms with Gasteiger partial charge < -0.3 is 10.5 Å². The number of primary amides is 1. The topological polar surface area (TPSA) is 65.2 Å². The number of rotatable bonds is 3. The summed E-state index contributed by atoms with van der Waals surface area (Å²) in [6.45, 7) is 3.94. The van der Waals surface area contributed by atoms with Crippen molar-refractivity contribution in [3.05, 3.63) is 35.0 Å². The lowest BCUT2D eigenvalue weighted by molar-refractivity contribution is -0.117. The highest BCUT2D eigenvalue weighted by Crippen LogP contribution is 2.30. The first-order valence-corrected chi connectivity index (χ1v) is 5.75. The minimum Gasteiger partial charge on any atom is -0.494 e. The zero-order chi connectivity index (χ0) is 13.3. The van der Waals surface area contributed by atoms with E-state index in [9.17, 15) is 4.79 Å². The largest absolute Gasteiger partial charge is 0.494 e. The van der Waals surface area contributed by atoms with Gasteiger partial charge in [0, 0.05) is 11.1 Å². The molecular formula is C14H16N2O2. The Bertz CT molecular complexity index is 621. The molecule has 1 amide bonds. The minimum absolute atomic E-state index is 0.214. The van der Waals surface area contributed by atoms with Crippen molar-refractivity contribution < 1.29 is 9.53 Å². The summed E-state index contributed by atoms with van der Waals surface area (Å²) in [5.74, 6) is 0.367. The fourth-order valence-corrected chi connectivity index (χ4v) is 2.26. The van der Waals surface area contributed by atoms with E-state index in [0.29, 0.717) is 5.75 Å². The highest BCUT2D eigenvalue weighted by Gasteiger charge is 2.12. The lowest BCUT2D eigenvalue weighted by Crippen LogP contribution is -2.14. The Morgan fingerprint density at radius 3 is 2.72 bits per heavy atom. The molecule has 4 nitrogen and oxygen atoms in total. The van der Waals surface area contributed by atoms with Gasteiger partial charge in [-0.25, -0.2) is 4.98 Å². The normalized spacial score (nSPS) is 10.6. The molecule has 2 N–H and O–H groups in total. The van der Waals surface area contributed by atoms with Crippen LogP contribution in [0.15, 0.2) is 18.2 Å². The average molecular weight is 244 g/mol. The number of amides is 1. The van der Waals surface area contributed by atoms with Gasteiger partial charge in [-0.2, -0.15) is 0 Å². The highest BCUT2D eigenvalue weighted by atomic mass is 16.5. The van der Waals surface area contributed by atoms with Crippen LogP contribution in [-0.4, -0.2) is 18.0 Å². The molecule has 0 fully saturated rings. The summed E-state index contributed by atoms with van der Waals surface area (Å²) in [4.78, 5) is 15.6. The summed E-state index contributed by atoms with van der Waals surface area (Å²) in [6.07, 6.45) is 0.214. The van der Waals surface area contributed by atoms with E-state index in [1.807, 2.05) is 32.0 Å². The van der Waals surface area contributed by atoms with Crippen molar-refractivity contribution in [1.29, 1.82) is 0 Å². The standard InChI is InChI=1S/C14H16N2O2/c1-8-6-9(2)16-14-11(18-3)5-4-10(13(8)14)7-12(15)17/h4-6H,7H2,1-3H3,(H2,15,17). The maximum Gasteiger partial charge on any atom is 0.221 e. The quantitative estimate of drug-likeness (QED) is 0.896. The first kappa shape index (κ1) is 12.4. The maximum absolute atomic E-state index is 11.1. The Morgan fingerprint density at radius 1 is 1.39 bits per heavy atom. The Hall–Kier alpha value is -2.10. The summed E-state index contributed by atoms with van der Waals surface area (Å²) in [5.41, 5.74) is 8.96. The number of hydrogen-bond acceptors (Lipinski definition) is 3. The second-order valence-electron chi connectivity index (χ2n) is 4.37. The molecule has 94 valence electrons. The fourth-order valence-electron chi connectivity index (χ4n) is 2.26. The molecule has 4 heteroatoms. The summed E-state index contributed by atoms with van der Waals surface area (Å²) < 4.78 is 5.32.